The summed E-state index contributed by atoms with van der Waals surface area (Å²) in [6.07, 6.45) is 1.01. The first-order chi connectivity index (χ1) is 10.8. The Morgan fingerprint density at radius 3 is 2.64 bits per heavy atom. The molecular weight excluding hydrogens is 312 g/mol. The van der Waals surface area contributed by atoms with Gasteiger partial charge in [0.15, 0.2) is 5.17 Å². The summed E-state index contributed by atoms with van der Waals surface area (Å²) in [5, 5.41) is 4.08. The molecule has 0 N–H and O–H groups in total. The molecule has 0 fully saturated rings. The Morgan fingerprint density at radius 1 is 1.09 bits per heavy atom. The number of hydrogen-bond donors (Lipinski definition) is 0. The second-order valence-electron chi connectivity index (χ2n) is 5.46. The van der Waals surface area contributed by atoms with Gasteiger partial charge < -0.3 is 4.90 Å². The SMILES string of the molecule is Clc1ccc(C2=CSC3=NC[C@H](Cc4ccccc4)N23)cc1. The van der Waals surface area contributed by atoms with Crippen LogP contribution in [-0.2, 0) is 6.42 Å². The first-order valence-corrected chi connectivity index (χ1v) is 8.57. The summed E-state index contributed by atoms with van der Waals surface area (Å²) in [6.45, 7) is 0.863. The zero-order valence-corrected chi connectivity index (χ0v) is 13.5. The van der Waals surface area contributed by atoms with E-state index in [-0.39, 0.29) is 0 Å². The molecule has 0 amide bonds. The molecule has 2 heterocycles. The van der Waals surface area contributed by atoms with E-state index in [4.69, 9.17) is 16.6 Å². The molecule has 2 aliphatic heterocycles. The molecule has 0 aliphatic carbocycles. The van der Waals surface area contributed by atoms with Gasteiger partial charge in [0.05, 0.1) is 18.3 Å². The van der Waals surface area contributed by atoms with E-state index in [9.17, 15) is 0 Å². The van der Waals surface area contributed by atoms with Crippen molar-refractivity contribution >= 4 is 34.2 Å². The summed E-state index contributed by atoms with van der Waals surface area (Å²) in [5.74, 6) is 0. The van der Waals surface area contributed by atoms with Crippen molar-refractivity contribution in [1.29, 1.82) is 0 Å². The molecule has 110 valence electrons. The maximum Gasteiger partial charge on any atom is 0.168 e. The Bertz CT molecular complexity index is 737. The van der Waals surface area contributed by atoms with Crippen molar-refractivity contribution in [2.24, 2.45) is 4.99 Å². The van der Waals surface area contributed by atoms with Crippen molar-refractivity contribution in [1.82, 2.24) is 4.90 Å². The van der Waals surface area contributed by atoms with Crippen LogP contribution in [0, 0.1) is 0 Å². The van der Waals surface area contributed by atoms with Gasteiger partial charge in [-0.05, 0) is 29.7 Å². The highest BCUT2D eigenvalue weighted by Crippen LogP contribution is 2.38. The molecule has 0 radical (unpaired) electrons. The van der Waals surface area contributed by atoms with Crippen LogP contribution in [0.3, 0.4) is 0 Å². The average molecular weight is 327 g/mol. The Morgan fingerprint density at radius 2 is 1.86 bits per heavy atom. The fourth-order valence-electron chi connectivity index (χ4n) is 2.93. The highest BCUT2D eigenvalue weighted by Gasteiger charge is 2.34. The fourth-order valence-corrected chi connectivity index (χ4v) is 4.03. The molecule has 0 saturated carbocycles. The highest BCUT2D eigenvalue weighted by molar-refractivity contribution is 8.16. The predicted molar refractivity (Wildman–Crippen MR) is 95.1 cm³/mol. The van der Waals surface area contributed by atoms with E-state index >= 15 is 0 Å². The van der Waals surface area contributed by atoms with E-state index in [0.29, 0.717) is 6.04 Å². The molecule has 0 spiro atoms. The van der Waals surface area contributed by atoms with Crippen LogP contribution < -0.4 is 0 Å². The third-order valence-electron chi connectivity index (χ3n) is 4.00. The van der Waals surface area contributed by atoms with Crippen LogP contribution in [0.4, 0.5) is 0 Å². The van der Waals surface area contributed by atoms with Crippen LogP contribution in [0.5, 0.6) is 0 Å². The average Bonchev–Trinajstić information content (AvgIpc) is 3.13. The van der Waals surface area contributed by atoms with Gasteiger partial charge in [0.25, 0.3) is 0 Å². The number of rotatable bonds is 3. The predicted octanol–water partition coefficient (Wildman–Crippen LogP) is 4.67. The van der Waals surface area contributed by atoms with Gasteiger partial charge in [0, 0.05) is 10.4 Å². The summed E-state index contributed by atoms with van der Waals surface area (Å²) < 4.78 is 0. The van der Waals surface area contributed by atoms with E-state index in [0.717, 1.165) is 23.2 Å². The third kappa shape index (κ3) is 2.55. The fraction of sp³-hybridized carbons (Fsp3) is 0.167. The molecule has 22 heavy (non-hydrogen) atoms. The van der Waals surface area contributed by atoms with Crippen LogP contribution in [0.2, 0.25) is 5.02 Å². The second-order valence-corrected chi connectivity index (χ2v) is 6.74. The van der Waals surface area contributed by atoms with Gasteiger partial charge in [0.2, 0.25) is 0 Å². The van der Waals surface area contributed by atoms with Crippen LogP contribution in [-0.4, -0.2) is 22.7 Å². The normalized spacial score (nSPS) is 19.9. The Labute approximate surface area is 139 Å². The summed E-state index contributed by atoms with van der Waals surface area (Å²) >= 11 is 7.72. The minimum absolute atomic E-state index is 0.398. The summed E-state index contributed by atoms with van der Waals surface area (Å²) in [4.78, 5) is 7.07. The number of hydrogen-bond acceptors (Lipinski definition) is 3. The Hall–Kier alpha value is -1.71. The monoisotopic (exact) mass is 326 g/mol. The molecule has 2 aliphatic rings. The summed E-state index contributed by atoms with van der Waals surface area (Å²) in [5.41, 5.74) is 3.79. The lowest BCUT2D eigenvalue weighted by Gasteiger charge is -2.26. The maximum absolute atomic E-state index is 6.00. The zero-order valence-electron chi connectivity index (χ0n) is 11.9. The van der Waals surface area contributed by atoms with Crippen LogP contribution in [0.25, 0.3) is 5.70 Å². The van der Waals surface area contributed by atoms with Crippen LogP contribution in [0.1, 0.15) is 11.1 Å². The molecule has 0 bridgehead atoms. The minimum atomic E-state index is 0.398. The van der Waals surface area contributed by atoms with Gasteiger partial charge in [-0.1, -0.05) is 65.8 Å². The molecule has 4 heteroatoms. The minimum Gasteiger partial charge on any atom is -0.315 e. The molecule has 1 atom stereocenters. The Kier molecular flexibility index (Phi) is 3.68. The molecule has 0 unspecified atom stereocenters. The van der Waals surface area contributed by atoms with E-state index in [1.54, 1.807) is 11.8 Å². The lowest BCUT2D eigenvalue weighted by Crippen LogP contribution is -2.33. The largest absolute Gasteiger partial charge is 0.315 e. The van der Waals surface area contributed by atoms with Crippen molar-refractivity contribution in [3.63, 3.8) is 0 Å². The van der Waals surface area contributed by atoms with E-state index in [1.165, 1.54) is 16.8 Å². The second kappa shape index (κ2) is 5.82. The number of amidine groups is 1. The van der Waals surface area contributed by atoms with Gasteiger partial charge in [-0.15, -0.1) is 0 Å². The highest BCUT2D eigenvalue weighted by atomic mass is 35.5. The van der Waals surface area contributed by atoms with Crippen molar-refractivity contribution < 1.29 is 0 Å². The topological polar surface area (TPSA) is 15.6 Å². The summed E-state index contributed by atoms with van der Waals surface area (Å²) in [7, 11) is 0. The van der Waals surface area contributed by atoms with Crippen molar-refractivity contribution in [2.75, 3.05) is 6.54 Å². The van der Waals surface area contributed by atoms with Gasteiger partial charge in [-0.3, -0.25) is 4.99 Å². The van der Waals surface area contributed by atoms with E-state index in [2.05, 4.69) is 52.8 Å². The smallest absolute Gasteiger partial charge is 0.168 e. The maximum atomic E-state index is 6.00. The first kappa shape index (κ1) is 13.9. The molecule has 2 aromatic carbocycles. The standard InChI is InChI=1S/C18H15ClN2S/c19-15-8-6-14(7-9-15)17-12-22-18-20-11-16(21(17)18)10-13-4-2-1-3-5-13/h1-9,12,16H,10-11H2/t16-/m0/s1. The van der Waals surface area contributed by atoms with Gasteiger partial charge in [-0.25, -0.2) is 0 Å². The molecule has 4 rings (SSSR count). The lowest BCUT2D eigenvalue weighted by molar-refractivity contribution is 0.462. The van der Waals surface area contributed by atoms with Crippen LogP contribution >= 0.6 is 23.4 Å². The lowest BCUT2D eigenvalue weighted by atomic mass is 10.0. The van der Waals surface area contributed by atoms with E-state index in [1.807, 2.05) is 12.1 Å². The third-order valence-corrected chi connectivity index (χ3v) is 5.13. The van der Waals surface area contributed by atoms with Gasteiger partial charge in [-0.2, -0.15) is 0 Å². The number of benzene rings is 2. The number of thioether (sulfide) groups is 1. The van der Waals surface area contributed by atoms with Crippen molar-refractivity contribution in [2.45, 2.75) is 12.5 Å². The molecule has 0 aromatic heterocycles. The Balaban J connectivity index is 1.60. The molecular formula is C18H15ClN2S. The first-order valence-electron chi connectivity index (χ1n) is 7.31. The van der Waals surface area contributed by atoms with Crippen molar-refractivity contribution in [3.8, 4) is 0 Å². The summed E-state index contributed by atoms with van der Waals surface area (Å²) in [6, 6.07) is 19.1. The number of fused-ring (bicyclic) bond motifs is 1. The number of halogens is 1. The molecule has 2 aromatic rings. The molecule has 0 saturated heterocycles. The van der Waals surface area contributed by atoms with Crippen LogP contribution in [0.15, 0.2) is 65.0 Å². The number of aliphatic imine (C=N–C) groups is 1. The molecule has 2 nitrogen and oxygen atoms in total. The zero-order chi connectivity index (χ0) is 14.9. The quantitative estimate of drug-likeness (QED) is 0.814. The van der Waals surface area contributed by atoms with E-state index < -0.39 is 0 Å². The van der Waals surface area contributed by atoms with Crippen molar-refractivity contribution in [3.05, 3.63) is 76.2 Å². The van der Waals surface area contributed by atoms with Gasteiger partial charge >= 0.3 is 0 Å². The number of nitrogens with zero attached hydrogens (tertiary/aromatic N) is 2. The van der Waals surface area contributed by atoms with Gasteiger partial charge in [0.1, 0.15) is 0 Å².